The summed E-state index contributed by atoms with van der Waals surface area (Å²) in [5.74, 6) is 0. The van der Waals surface area contributed by atoms with Crippen molar-refractivity contribution in [1.29, 1.82) is 5.26 Å². The van der Waals surface area contributed by atoms with Crippen LogP contribution in [0.3, 0.4) is 0 Å². The van der Waals surface area contributed by atoms with Crippen molar-refractivity contribution in [1.82, 2.24) is 4.90 Å². The normalized spacial score (nSPS) is 14.1. The summed E-state index contributed by atoms with van der Waals surface area (Å²) in [7, 11) is 0. The van der Waals surface area contributed by atoms with Gasteiger partial charge in [0.15, 0.2) is 0 Å². The van der Waals surface area contributed by atoms with Crippen molar-refractivity contribution in [3.8, 4) is 6.07 Å². The van der Waals surface area contributed by atoms with Gasteiger partial charge >= 0.3 is 0 Å². The van der Waals surface area contributed by atoms with Crippen LogP contribution in [0.25, 0.3) is 0 Å². The molecule has 1 saturated carbocycles. The Morgan fingerprint density at radius 1 is 1.05 bits per heavy atom. The van der Waals surface area contributed by atoms with Gasteiger partial charge in [-0.25, -0.2) is 0 Å². The van der Waals surface area contributed by atoms with Gasteiger partial charge in [0, 0.05) is 24.8 Å². The van der Waals surface area contributed by atoms with Crippen LogP contribution in [0.15, 0.2) is 48.5 Å². The molecule has 2 aromatic carbocycles. The fourth-order valence-electron chi connectivity index (χ4n) is 2.57. The van der Waals surface area contributed by atoms with E-state index in [2.05, 4.69) is 17.0 Å². The standard InChI is InChI=1S/C18H19N3/c19-11-14-5-7-15(8-6-14)12-21(17-9-10-17)13-16-3-1-2-4-18(16)20/h1-8,17H,9-10,12-13,20H2. The van der Waals surface area contributed by atoms with Crippen LogP contribution in [0.5, 0.6) is 0 Å². The first kappa shape index (κ1) is 13.7. The zero-order chi connectivity index (χ0) is 14.7. The van der Waals surface area contributed by atoms with Crippen LogP contribution in [0.1, 0.15) is 29.5 Å². The van der Waals surface area contributed by atoms with Crippen LogP contribution < -0.4 is 5.73 Å². The molecule has 0 spiro atoms. The molecule has 21 heavy (non-hydrogen) atoms. The summed E-state index contributed by atoms with van der Waals surface area (Å²) in [6.07, 6.45) is 2.53. The molecule has 1 fully saturated rings. The number of nitrogen functional groups attached to an aromatic ring is 1. The Hall–Kier alpha value is -2.31. The summed E-state index contributed by atoms with van der Waals surface area (Å²) in [6.45, 7) is 1.79. The first-order chi connectivity index (χ1) is 10.3. The van der Waals surface area contributed by atoms with E-state index in [1.807, 2.05) is 42.5 Å². The average molecular weight is 277 g/mol. The Bertz CT molecular complexity index is 651. The van der Waals surface area contributed by atoms with E-state index in [0.29, 0.717) is 11.6 Å². The highest BCUT2D eigenvalue weighted by Gasteiger charge is 2.29. The van der Waals surface area contributed by atoms with Gasteiger partial charge in [-0.05, 0) is 42.2 Å². The monoisotopic (exact) mass is 277 g/mol. The van der Waals surface area contributed by atoms with Gasteiger partial charge in [0.2, 0.25) is 0 Å². The van der Waals surface area contributed by atoms with E-state index in [-0.39, 0.29) is 0 Å². The number of hydrogen-bond acceptors (Lipinski definition) is 3. The van der Waals surface area contributed by atoms with E-state index in [0.717, 1.165) is 18.8 Å². The number of nitrogens with zero attached hydrogens (tertiary/aromatic N) is 2. The molecule has 3 rings (SSSR count). The maximum absolute atomic E-state index is 8.86. The molecule has 3 nitrogen and oxygen atoms in total. The van der Waals surface area contributed by atoms with Crippen molar-refractivity contribution in [3.63, 3.8) is 0 Å². The fourth-order valence-corrected chi connectivity index (χ4v) is 2.57. The number of anilines is 1. The molecule has 0 atom stereocenters. The molecular formula is C18H19N3. The zero-order valence-electron chi connectivity index (χ0n) is 12.0. The maximum atomic E-state index is 8.86. The van der Waals surface area contributed by atoms with E-state index in [4.69, 9.17) is 11.0 Å². The first-order valence-corrected chi connectivity index (χ1v) is 7.33. The lowest BCUT2D eigenvalue weighted by Crippen LogP contribution is -2.25. The Morgan fingerprint density at radius 2 is 1.76 bits per heavy atom. The molecular weight excluding hydrogens is 258 g/mol. The summed E-state index contributed by atoms with van der Waals surface area (Å²) < 4.78 is 0. The second-order valence-corrected chi connectivity index (χ2v) is 5.64. The van der Waals surface area contributed by atoms with Crippen LogP contribution in [0.4, 0.5) is 5.69 Å². The number of nitrogens with two attached hydrogens (primary N) is 1. The molecule has 1 aliphatic rings. The van der Waals surface area contributed by atoms with Crippen LogP contribution >= 0.6 is 0 Å². The lowest BCUT2D eigenvalue weighted by atomic mass is 10.1. The van der Waals surface area contributed by atoms with Gasteiger partial charge in [0.25, 0.3) is 0 Å². The van der Waals surface area contributed by atoms with Gasteiger partial charge in [-0.1, -0.05) is 30.3 Å². The quantitative estimate of drug-likeness (QED) is 0.853. The molecule has 2 N–H and O–H groups in total. The summed E-state index contributed by atoms with van der Waals surface area (Å²) in [5, 5.41) is 8.86. The van der Waals surface area contributed by atoms with Crippen molar-refractivity contribution in [3.05, 3.63) is 65.2 Å². The summed E-state index contributed by atoms with van der Waals surface area (Å²) >= 11 is 0. The van der Waals surface area contributed by atoms with Gasteiger partial charge in [-0.2, -0.15) is 5.26 Å². The number of nitriles is 1. The van der Waals surface area contributed by atoms with E-state index in [1.165, 1.54) is 24.0 Å². The molecule has 0 aliphatic heterocycles. The molecule has 1 aliphatic carbocycles. The average Bonchev–Trinajstić information content (AvgIpc) is 3.34. The number of rotatable bonds is 5. The molecule has 0 aromatic heterocycles. The Balaban J connectivity index is 1.73. The van der Waals surface area contributed by atoms with Gasteiger partial charge in [0.05, 0.1) is 11.6 Å². The van der Waals surface area contributed by atoms with Crippen LogP contribution in [0.2, 0.25) is 0 Å². The fraction of sp³-hybridized carbons (Fsp3) is 0.278. The highest BCUT2D eigenvalue weighted by molar-refractivity contribution is 5.46. The van der Waals surface area contributed by atoms with Crippen LogP contribution in [0, 0.1) is 11.3 Å². The highest BCUT2D eigenvalue weighted by Crippen LogP contribution is 2.30. The Labute approximate surface area is 125 Å². The third-order valence-electron chi connectivity index (χ3n) is 3.96. The number of hydrogen-bond donors (Lipinski definition) is 1. The predicted octanol–water partition coefficient (Wildman–Crippen LogP) is 3.31. The lowest BCUT2D eigenvalue weighted by Gasteiger charge is -2.23. The first-order valence-electron chi connectivity index (χ1n) is 7.33. The molecule has 0 radical (unpaired) electrons. The van der Waals surface area contributed by atoms with E-state index in [9.17, 15) is 0 Å². The summed E-state index contributed by atoms with van der Waals surface area (Å²) in [6, 6.07) is 18.8. The molecule has 0 saturated heterocycles. The smallest absolute Gasteiger partial charge is 0.0991 e. The SMILES string of the molecule is N#Cc1ccc(CN(Cc2ccccc2N)C2CC2)cc1. The van der Waals surface area contributed by atoms with Crippen molar-refractivity contribution in [2.45, 2.75) is 32.0 Å². The van der Waals surface area contributed by atoms with E-state index < -0.39 is 0 Å². The predicted molar refractivity (Wildman–Crippen MR) is 84.3 cm³/mol. The Kier molecular flexibility index (Phi) is 3.89. The van der Waals surface area contributed by atoms with E-state index >= 15 is 0 Å². The molecule has 0 bridgehead atoms. The van der Waals surface area contributed by atoms with Crippen LogP contribution in [-0.2, 0) is 13.1 Å². The number of para-hydroxylation sites is 1. The molecule has 0 unspecified atom stereocenters. The zero-order valence-corrected chi connectivity index (χ0v) is 12.0. The summed E-state index contributed by atoms with van der Waals surface area (Å²) in [4.78, 5) is 2.48. The maximum Gasteiger partial charge on any atom is 0.0991 e. The Morgan fingerprint density at radius 3 is 2.38 bits per heavy atom. The second kappa shape index (κ2) is 5.99. The minimum Gasteiger partial charge on any atom is -0.398 e. The highest BCUT2D eigenvalue weighted by atomic mass is 15.2. The van der Waals surface area contributed by atoms with Gasteiger partial charge in [-0.15, -0.1) is 0 Å². The summed E-state index contributed by atoms with van der Waals surface area (Å²) in [5.41, 5.74) is 10.1. The van der Waals surface area contributed by atoms with Gasteiger partial charge in [0.1, 0.15) is 0 Å². The lowest BCUT2D eigenvalue weighted by molar-refractivity contribution is 0.246. The molecule has 106 valence electrons. The third kappa shape index (κ3) is 3.42. The minimum absolute atomic E-state index is 0.667. The van der Waals surface area contributed by atoms with Gasteiger partial charge < -0.3 is 5.73 Å². The van der Waals surface area contributed by atoms with Crippen molar-refractivity contribution in [2.75, 3.05) is 5.73 Å². The minimum atomic E-state index is 0.667. The van der Waals surface area contributed by atoms with Gasteiger partial charge in [-0.3, -0.25) is 4.90 Å². The topological polar surface area (TPSA) is 53.0 Å². The van der Waals surface area contributed by atoms with Crippen molar-refractivity contribution >= 4 is 5.69 Å². The second-order valence-electron chi connectivity index (χ2n) is 5.64. The molecule has 0 amide bonds. The molecule has 2 aromatic rings. The molecule has 3 heteroatoms. The largest absolute Gasteiger partial charge is 0.398 e. The van der Waals surface area contributed by atoms with Crippen molar-refractivity contribution < 1.29 is 0 Å². The third-order valence-corrected chi connectivity index (χ3v) is 3.96. The molecule has 0 heterocycles. The van der Waals surface area contributed by atoms with Crippen LogP contribution in [-0.4, -0.2) is 10.9 Å². The van der Waals surface area contributed by atoms with Crippen molar-refractivity contribution in [2.24, 2.45) is 0 Å². The van der Waals surface area contributed by atoms with E-state index in [1.54, 1.807) is 0 Å². The number of benzene rings is 2.